The van der Waals surface area contributed by atoms with Crippen LogP contribution in [0, 0.1) is 0 Å². The largest absolute Gasteiger partial charge is 0.353 e. The fraction of sp³-hybridized carbons (Fsp3) is 0.625. The van der Waals surface area contributed by atoms with Gasteiger partial charge in [0.25, 0.3) is 0 Å². The molecule has 11 heteroatoms. The molecule has 2 aliphatic heterocycles. The zero-order valence-electron chi connectivity index (χ0n) is 15.0. The van der Waals surface area contributed by atoms with Crippen LogP contribution in [0.5, 0.6) is 0 Å². The van der Waals surface area contributed by atoms with Crippen LogP contribution >= 0.6 is 36.4 Å². The lowest BCUT2D eigenvalue weighted by atomic mass is 9.95. The van der Waals surface area contributed by atoms with E-state index in [-0.39, 0.29) is 36.8 Å². The number of pyridine rings is 1. The number of nitrogens with zero attached hydrogens (tertiary/aromatic N) is 2. The molecule has 1 aromatic rings. The molecule has 1 unspecified atom stereocenters. The molecule has 1 amide bonds. The maximum Gasteiger partial charge on any atom is 0.241 e. The van der Waals surface area contributed by atoms with Crippen LogP contribution in [0.4, 0.5) is 5.82 Å². The number of hydrogen-bond donors (Lipinski definition) is 2. The van der Waals surface area contributed by atoms with Gasteiger partial charge in [-0.15, -0.1) is 24.8 Å². The molecule has 3 rings (SSSR count). The van der Waals surface area contributed by atoms with E-state index < -0.39 is 14.6 Å². The smallest absolute Gasteiger partial charge is 0.241 e. The van der Waals surface area contributed by atoms with E-state index in [2.05, 4.69) is 15.6 Å². The number of aromatic nitrogens is 1. The van der Waals surface area contributed by atoms with Crippen LogP contribution in [0.25, 0.3) is 0 Å². The van der Waals surface area contributed by atoms with Crippen LogP contribution in [-0.2, 0) is 14.6 Å². The number of carbonyl (C=O) groups excluding carboxylic acids is 1. The summed E-state index contributed by atoms with van der Waals surface area (Å²) in [4.78, 5) is 19.2. The maximum atomic E-state index is 12.9. The monoisotopic (exact) mass is 458 g/mol. The summed E-state index contributed by atoms with van der Waals surface area (Å²) in [7, 11) is -3.50. The minimum absolute atomic E-state index is 0. The molecule has 154 valence electrons. The van der Waals surface area contributed by atoms with Crippen molar-refractivity contribution in [2.75, 3.05) is 37.3 Å². The molecule has 0 radical (unpaired) electrons. The van der Waals surface area contributed by atoms with E-state index in [9.17, 15) is 13.2 Å². The summed E-state index contributed by atoms with van der Waals surface area (Å²) in [6, 6.07) is 3.44. The molecular weight excluding hydrogens is 435 g/mol. The van der Waals surface area contributed by atoms with Gasteiger partial charge in [0.05, 0.1) is 5.02 Å². The first-order chi connectivity index (χ1) is 11.8. The Hall–Kier alpha value is -0.800. The lowest BCUT2D eigenvalue weighted by Crippen LogP contribution is -2.59. The van der Waals surface area contributed by atoms with Gasteiger partial charge in [0, 0.05) is 31.6 Å². The van der Waals surface area contributed by atoms with Crippen molar-refractivity contribution in [3.05, 3.63) is 23.4 Å². The summed E-state index contributed by atoms with van der Waals surface area (Å²) in [6.07, 6.45) is 4.18. The Morgan fingerprint density at radius 3 is 2.63 bits per heavy atom. The van der Waals surface area contributed by atoms with Crippen LogP contribution < -0.4 is 15.5 Å². The van der Waals surface area contributed by atoms with E-state index in [0.717, 1.165) is 19.2 Å². The van der Waals surface area contributed by atoms with E-state index in [0.29, 0.717) is 43.3 Å². The van der Waals surface area contributed by atoms with Crippen LogP contribution in [-0.4, -0.2) is 62.5 Å². The highest BCUT2D eigenvalue weighted by molar-refractivity contribution is 7.92. The summed E-state index contributed by atoms with van der Waals surface area (Å²) in [5, 5.41) is 6.65. The SMILES string of the molecule is CS(=O)(=O)C1(C(=O)NC2CCN(c3ncccc3Cl)C2)CCNCC1.Cl.Cl. The normalized spacial score (nSPS) is 21.7. The van der Waals surface area contributed by atoms with Gasteiger partial charge in [0.2, 0.25) is 5.91 Å². The topological polar surface area (TPSA) is 91.4 Å². The number of amides is 1. The van der Waals surface area contributed by atoms with Crippen molar-refractivity contribution in [3.8, 4) is 0 Å². The molecule has 2 saturated heterocycles. The van der Waals surface area contributed by atoms with Crippen molar-refractivity contribution >= 4 is 58.0 Å². The zero-order chi connectivity index (χ0) is 18.1. The molecule has 0 aliphatic carbocycles. The molecule has 7 nitrogen and oxygen atoms in total. The lowest BCUT2D eigenvalue weighted by molar-refractivity contribution is -0.124. The Balaban J connectivity index is 0.00000182. The van der Waals surface area contributed by atoms with Crippen molar-refractivity contribution in [3.63, 3.8) is 0 Å². The average Bonchev–Trinajstić information content (AvgIpc) is 3.03. The Kier molecular flexibility index (Phi) is 8.62. The van der Waals surface area contributed by atoms with E-state index >= 15 is 0 Å². The third-order valence-electron chi connectivity index (χ3n) is 5.10. The molecule has 0 spiro atoms. The number of carbonyl (C=O) groups is 1. The van der Waals surface area contributed by atoms with Crippen LogP contribution in [0.3, 0.4) is 0 Å². The van der Waals surface area contributed by atoms with Crippen LogP contribution in [0.1, 0.15) is 19.3 Å². The minimum atomic E-state index is -3.50. The van der Waals surface area contributed by atoms with Gasteiger partial charge >= 0.3 is 0 Å². The van der Waals surface area contributed by atoms with E-state index in [1.54, 1.807) is 18.3 Å². The van der Waals surface area contributed by atoms with Gasteiger partial charge in [0.1, 0.15) is 5.82 Å². The van der Waals surface area contributed by atoms with E-state index in [4.69, 9.17) is 11.6 Å². The van der Waals surface area contributed by atoms with Gasteiger partial charge in [-0.1, -0.05) is 11.6 Å². The van der Waals surface area contributed by atoms with Crippen molar-refractivity contribution < 1.29 is 13.2 Å². The molecule has 0 saturated carbocycles. The zero-order valence-corrected chi connectivity index (χ0v) is 18.2. The number of rotatable bonds is 4. The molecule has 2 fully saturated rings. The van der Waals surface area contributed by atoms with Crippen LogP contribution in [0.15, 0.2) is 18.3 Å². The molecule has 1 aromatic heterocycles. The summed E-state index contributed by atoms with van der Waals surface area (Å²) < 4.78 is 23.3. The van der Waals surface area contributed by atoms with E-state index in [1.165, 1.54) is 0 Å². The first kappa shape index (κ1) is 24.2. The van der Waals surface area contributed by atoms with Gasteiger partial charge in [-0.2, -0.15) is 0 Å². The van der Waals surface area contributed by atoms with Gasteiger partial charge < -0.3 is 15.5 Å². The first-order valence-electron chi connectivity index (χ1n) is 8.40. The van der Waals surface area contributed by atoms with Crippen molar-refractivity contribution in [1.82, 2.24) is 15.6 Å². The van der Waals surface area contributed by atoms with Gasteiger partial charge in [-0.25, -0.2) is 13.4 Å². The predicted octanol–water partition coefficient (Wildman–Crippen LogP) is 1.44. The second-order valence-electron chi connectivity index (χ2n) is 6.73. The highest BCUT2D eigenvalue weighted by Gasteiger charge is 2.49. The number of piperidine rings is 1. The average molecular weight is 460 g/mol. The Bertz CT molecular complexity index is 757. The highest BCUT2D eigenvalue weighted by atomic mass is 35.5. The van der Waals surface area contributed by atoms with Gasteiger partial charge in [0.15, 0.2) is 14.6 Å². The molecule has 0 bridgehead atoms. The molecule has 0 aromatic carbocycles. The summed E-state index contributed by atoms with van der Waals surface area (Å²) in [6.45, 7) is 2.34. The number of hydrogen-bond acceptors (Lipinski definition) is 6. The number of halogens is 3. The molecule has 2 aliphatic rings. The Labute approximate surface area is 177 Å². The molecule has 27 heavy (non-hydrogen) atoms. The fourth-order valence-corrected chi connectivity index (χ4v) is 5.18. The summed E-state index contributed by atoms with van der Waals surface area (Å²) >= 11 is 6.18. The van der Waals surface area contributed by atoms with Crippen LogP contribution in [0.2, 0.25) is 5.02 Å². The summed E-state index contributed by atoms with van der Waals surface area (Å²) in [5.41, 5.74) is 0. The molecular formula is C16H25Cl3N4O3S. The minimum Gasteiger partial charge on any atom is -0.353 e. The van der Waals surface area contributed by atoms with Gasteiger partial charge in [-0.05, 0) is 44.5 Å². The molecule has 1 atom stereocenters. The number of nitrogens with one attached hydrogen (secondary N) is 2. The second-order valence-corrected chi connectivity index (χ2v) is 9.46. The van der Waals surface area contributed by atoms with Crippen molar-refractivity contribution in [2.45, 2.75) is 30.1 Å². The number of anilines is 1. The Morgan fingerprint density at radius 1 is 1.37 bits per heavy atom. The predicted molar refractivity (Wildman–Crippen MR) is 112 cm³/mol. The van der Waals surface area contributed by atoms with Crippen molar-refractivity contribution in [2.24, 2.45) is 0 Å². The Morgan fingerprint density at radius 2 is 2.04 bits per heavy atom. The lowest BCUT2D eigenvalue weighted by Gasteiger charge is -2.35. The molecule has 2 N–H and O–H groups in total. The van der Waals surface area contributed by atoms with E-state index in [1.807, 2.05) is 4.90 Å². The number of sulfone groups is 1. The summed E-state index contributed by atoms with van der Waals surface area (Å²) in [5.74, 6) is 0.316. The maximum absolute atomic E-state index is 12.9. The highest BCUT2D eigenvalue weighted by Crippen LogP contribution is 2.30. The quantitative estimate of drug-likeness (QED) is 0.708. The van der Waals surface area contributed by atoms with Gasteiger partial charge in [-0.3, -0.25) is 4.79 Å². The standard InChI is InChI=1S/C16H23ClN4O3S.2ClH/c1-25(23,24)16(5-8-18-9-6-16)15(22)20-12-4-10-21(11-12)14-13(17)3-2-7-19-14;;/h2-3,7,12,18H,4-6,8-11H2,1H3,(H,20,22);2*1H. The fourth-order valence-electron chi connectivity index (χ4n) is 3.59. The first-order valence-corrected chi connectivity index (χ1v) is 10.7. The third-order valence-corrected chi connectivity index (χ3v) is 7.41. The third kappa shape index (κ3) is 4.98. The molecule has 3 heterocycles. The van der Waals surface area contributed by atoms with Crippen molar-refractivity contribution in [1.29, 1.82) is 0 Å². The second kappa shape index (κ2) is 9.60.